The number of rotatable bonds is 9. The van der Waals surface area contributed by atoms with E-state index in [2.05, 4.69) is 5.32 Å². The van der Waals surface area contributed by atoms with Crippen LogP contribution < -0.4 is 5.32 Å². The molecule has 3 aromatic rings. The second kappa shape index (κ2) is 10.3. The summed E-state index contributed by atoms with van der Waals surface area (Å²) in [5.41, 5.74) is 1.05. The third-order valence-corrected chi connectivity index (χ3v) is 5.94. The van der Waals surface area contributed by atoms with Crippen LogP contribution >= 0.6 is 0 Å². The summed E-state index contributed by atoms with van der Waals surface area (Å²) in [7, 11) is 0. The van der Waals surface area contributed by atoms with Gasteiger partial charge in [-0.1, -0.05) is 91.0 Å². The summed E-state index contributed by atoms with van der Waals surface area (Å²) in [6.45, 7) is -1.77. The number of amides is 3. The Morgan fingerprint density at radius 3 is 1.66 bits per heavy atom. The Morgan fingerprint density at radius 1 is 0.743 bits per heavy atom. The molecule has 182 valence electrons. The Balaban J connectivity index is 1.62. The zero-order valence-corrected chi connectivity index (χ0v) is 19.0. The zero-order valence-electron chi connectivity index (χ0n) is 19.0. The number of nitrogens with zero attached hydrogens (tertiary/aromatic N) is 2. The molecule has 1 N–H and O–H groups in total. The summed E-state index contributed by atoms with van der Waals surface area (Å²) < 4.78 is 40.1. The number of urea groups is 1. The van der Waals surface area contributed by atoms with Gasteiger partial charge in [0.1, 0.15) is 5.54 Å². The third kappa shape index (κ3) is 6.27. The molecule has 1 aliphatic heterocycles. The quantitative estimate of drug-likeness (QED) is 0.448. The van der Waals surface area contributed by atoms with Crippen LogP contribution in [0.15, 0.2) is 91.0 Å². The fourth-order valence-electron chi connectivity index (χ4n) is 4.45. The first-order valence-electron chi connectivity index (χ1n) is 11.3. The average Bonchev–Trinajstić information content (AvgIpc) is 3.04. The fourth-order valence-corrected chi connectivity index (χ4v) is 4.45. The number of alkyl halides is 3. The third-order valence-electron chi connectivity index (χ3n) is 5.94. The van der Waals surface area contributed by atoms with Gasteiger partial charge in [-0.2, -0.15) is 13.2 Å². The smallest absolute Gasteiger partial charge is 0.322 e. The second-order valence-corrected chi connectivity index (χ2v) is 8.80. The minimum atomic E-state index is -4.49. The minimum absolute atomic E-state index is 0.0538. The molecule has 3 amide bonds. The first-order valence-corrected chi connectivity index (χ1v) is 11.3. The van der Waals surface area contributed by atoms with Gasteiger partial charge in [0, 0.05) is 19.4 Å². The van der Waals surface area contributed by atoms with Crippen molar-refractivity contribution in [3.05, 3.63) is 108 Å². The lowest BCUT2D eigenvalue weighted by Crippen LogP contribution is -2.51. The van der Waals surface area contributed by atoms with E-state index in [1.54, 1.807) is 30.3 Å². The van der Waals surface area contributed by atoms with E-state index < -0.39 is 36.9 Å². The van der Waals surface area contributed by atoms with E-state index in [4.69, 9.17) is 0 Å². The van der Waals surface area contributed by atoms with Gasteiger partial charge in [-0.3, -0.25) is 9.69 Å². The normalized spacial score (nSPS) is 15.5. The molecule has 35 heavy (non-hydrogen) atoms. The molecular weight excluding hydrogens is 455 g/mol. The van der Waals surface area contributed by atoms with E-state index in [0.717, 1.165) is 20.9 Å². The summed E-state index contributed by atoms with van der Waals surface area (Å²) in [4.78, 5) is 28.7. The lowest BCUT2D eigenvalue weighted by Gasteiger charge is -2.29. The Morgan fingerprint density at radius 2 is 1.20 bits per heavy atom. The van der Waals surface area contributed by atoms with Gasteiger partial charge in [-0.25, -0.2) is 9.69 Å². The van der Waals surface area contributed by atoms with Gasteiger partial charge in [0.25, 0.3) is 5.91 Å². The summed E-state index contributed by atoms with van der Waals surface area (Å²) in [5, 5.41) is 2.83. The topological polar surface area (TPSA) is 52.7 Å². The van der Waals surface area contributed by atoms with Gasteiger partial charge in [-0.05, 0) is 16.7 Å². The number of hydrogen-bond acceptors (Lipinski definition) is 3. The van der Waals surface area contributed by atoms with E-state index >= 15 is 0 Å². The number of carbonyl (C=O) groups excluding carboxylic acids is 2. The van der Waals surface area contributed by atoms with Gasteiger partial charge < -0.3 is 5.32 Å². The SMILES string of the molecule is O=C1NC(Cc2ccccc2)(Cc2ccccc2)C(=O)N1CN(Cc1ccccc1)CC(F)(F)F. The number of imide groups is 1. The Bertz CT molecular complexity index is 1100. The zero-order chi connectivity index (χ0) is 24.9. The highest BCUT2D eigenvalue weighted by Crippen LogP contribution is 2.28. The standard InChI is InChI=1S/C27H26F3N3O2/c28-27(29,30)19-32(18-23-14-8-3-9-15-23)20-33-24(34)26(31-25(33)35,16-21-10-4-1-5-11-21)17-22-12-6-2-7-13-22/h1-15H,16-20H2,(H,31,35). The molecule has 0 bridgehead atoms. The predicted molar refractivity (Wildman–Crippen MR) is 126 cm³/mol. The van der Waals surface area contributed by atoms with E-state index in [9.17, 15) is 22.8 Å². The molecule has 1 saturated heterocycles. The summed E-state index contributed by atoms with van der Waals surface area (Å²) in [6.07, 6.45) is -4.04. The van der Waals surface area contributed by atoms with Gasteiger partial charge in [0.05, 0.1) is 13.2 Å². The van der Waals surface area contributed by atoms with Crippen LogP contribution in [0.2, 0.25) is 0 Å². The van der Waals surface area contributed by atoms with Crippen LogP contribution in [0, 0.1) is 0 Å². The number of nitrogens with one attached hydrogen (secondary N) is 1. The van der Waals surface area contributed by atoms with Crippen LogP contribution in [0.5, 0.6) is 0 Å². The van der Waals surface area contributed by atoms with Crippen molar-refractivity contribution < 1.29 is 22.8 Å². The highest BCUT2D eigenvalue weighted by Gasteiger charge is 2.51. The van der Waals surface area contributed by atoms with Crippen molar-refractivity contribution in [3.8, 4) is 0 Å². The molecule has 0 aliphatic carbocycles. The summed E-state index contributed by atoms with van der Waals surface area (Å²) in [5.74, 6) is -0.532. The van der Waals surface area contributed by atoms with E-state index in [0.29, 0.717) is 5.56 Å². The molecule has 0 aromatic heterocycles. The fraction of sp³-hybridized carbons (Fsp3) is 0.259. The molecule has 0 atom stereocenters. The highest BCUT2D eigenvalue weighted by atomic mass is 19.4. The van der Waals surface area contributed by atoms with Crippen LogP contribution in [-0.2, 0) is 24.2 Å². The molecule has 1 aliphatic rings. The molecule has 0 saturated carbocycles. The molecule has 0 radical (unpaired) electrons. The van der Waals surface area contributed by atoms with Crippen molar-refractivity contribution in [2.75, 3.05) is 13.2 Å². The van der Waals surface area contributed by atoms with Crippen molar-refractivity contribution >= 4 is 11.9 Å². The number of benzene rings is 3. The van der Waals surface area contributed by atoms with Crippen LogP contribution in [0.25, 0.3) is 0 Å². The largest absolute Gasteiger partial charge is 0.401 e. The predicted octanol–water partition coefficient (Wildman–Crippen LogP) is 4.78. The monoisotopic (exact) mass is 481 g/mol. The minimum Gasteiger partial charge on any atom is -0.322 e. The maximum atomic E-state index is 13.7. The van der Waals surface area contributed by atoms with Crippen LogP contribution in [0.3, 0.4) is 0 Å². The molecule has 0 spiro atoms. The van der Waals surface area contributed by atoms with Gasteiger partial charge >= 0.3 is 12.2 Å². The second-order valence-electron chi connectivity index (χ2n) is 8.80. The molecule has 1 heterocycles. The average molecular weight is 482 g/mol. The number of hydrogen-bond donors (Lipinski definition) is 1. The molecule has 0 unspecified atom stereocenters. The highest BCUT2D eigenvalue weighted by molar-refractivity contribution is 6.07. The maximum absolute atomic E-state index is 13.7. The van der Waals surface area contributed by atoms with Gasteiger partial charge in [0.15, 0.2) is 0 Å². The number of carbonyl (C=O) groups is 2. The number of halogens is 3. The molecule has 1 fully saturated rings. The lowest BCUT2D eigenvalue weighted by molar-refractivity contribution is -0.154. The Kier molecular flexibility index (Phi) is 7.21. The molecule has 5 nitrogen and oxygen atoms in total. The first-order chi connectivity index (χ1) is 16.7. The molecule has 4 rings (SSSR count). The van der Waals surface area contributed by atoms with Crippen LogP contribution in [-0.4, -0.2) is 46.7 Å². The summed E-state index contributed by atoms with van der Waals surface area (Å²) in [6, 6.07) is 26.5. The Labute approximate surface area is 202 Å². The lowest BCUT2D eigenvalue weighted by atomic mass is 9.84. The van der Waals surface area contributed by atoms with E-state index in [-0.39, 0.29) is 19.4 Å². The maximum Gasteiger partial charge on any atom is 0.401 e. The Hall–Kier alpha value is -3.65. The van der Waals surface area contributed by atoms with Gasteiger partial charge in [-0.15, -0.1) is 0 Å². The van der Waals surface area contributed by atoms with Crippen LogP contribution in [0.1, 0.15) is 16.7 Å². The van der Waals surface area contributed by atoms with E-state index in [1.165, 1.54) is 0 Å². The van der Waals surface area contributed by atoms with Gasteiger partial charge in [0.2, 0.25) is 0 Å². The van der Waals surface area contributed by atoms with Crippen molar-refractivity contribution in [2.24, 2.45) is 0 Å². The molecule has 8 heteroatoms. The van der Waals surface area contributed by atoms with Crippen molar-refractivity contribution in [3.63, 3.8) is 0 Å². The van der Waals surface area contributed by atoms with Crippen molar-refractivity contribution in [1.29, 1.82) is 0 Å². The molecular formula is C27H26F3N3O2. The summed E-state index contributed by atoms with van der Waals surface area (Å²) >= 11 is 0. The molecule has 3 aromatic carbocycles. The van der Waals surface area contributed by atoms with Crippen LogP contribution in [0.4, 0.5) is 18.0 Å². The van der Waals surface area contributed by atoms with E-state index in [1.807, 2.05) is 60.7 Å². The van der Waals surface area contributed by atoms with Crippen molar-refractivity contribution in [2.45, 2.75) is 31.1 Å². The van der Waals surface area contributed by atoms with Crippen molar-refractivity contribution in [1.82, 2.24) is 15.1 Å². The first kappa shape index (κ1) is 24.5.